The lowest BCUT2D eigenvalue weighted by Gasteiger charge is -2.37. The summed E-state index contributed by atoms with van der Waals surface area (Å²) in [4.78, 5) is 10.9. The van der Waals surface area contributed by atoms with Crippen molar-refractivity contribution in [3.05, 3.63) is 0 Å². The minimum atomic E-state index is -0.689. The predicted octanol–water partition coefficient (Wildman–Crippen LogP) is 1.25. The molecular formula is C10H16O4. The fraction of sp³-hybridized carbons (Fsp3) is 0.900. The summed E-state index contributed by atoms with van der Waals surface area (Å²) in [6.45, 7) is 3.25. The van der Waals surface area contributed by atoms with E-state index in [4.69, 9.17) is 14.6 Å². The van der Waals surface area contributed by atoms with Crippen molar-refractivity contribution < 1.29 is 19.4 Å². The predicted molar refractivity (Wildman–Crippen MR) is 48.8 cm³/mol. The summed E-state index contributed by atoms with van der Waals surface area (Å²) in [7, 11) is 0. The number of rotatable bonds is 1. The standard InChI is InChI=1S/C10H16O4/c1-7-6-10(13-4-5-14-10)3-2-8(7)9(11)12/h7-8H,2-6H2,1H3,(H,11,12)/t7-,8-/m1/s1. The van der Waals surface area contributed by atoms with Crippen molar-refractivity contribution in [3.63, 3.8) is 0 Å². The molecule has 0 aromatic rings. The molecule has 0 amide bonds. The molecule has 1 saturated carbocycles. The molecule has 2 aliphatic rings. The van der Waals surface area contributed by atoms with Gasteiger partial charge in [0.05, 0.1) is 19.1 Å². The maximum atomic E-state index is 10.9. The number of hydrogen-bond donors (Lipinski definition) is 1. The lowest BCUT2D eigenvalue weighted by Crippen LogP contribution is -2.41. The van der Waals surface area contributed by atoms with E-state index in [0.717, 1.165) is 0 Å². The van der Waals surface area contributed by atoms with Crippen molar-refractivity contribution in [3.8, 4) is 0 Å². The van der Waals surface area contributed by atoms with Crippen LogP contribution in [-0.4, -0.2) is 30.1 Å². The number of carboxylic acid groups (broad SMARTS) is 1. The molecule has 0 radical (unpaired) electrons. The fourth-order valence-electron chi connectivity index (χ4n) is 2.52. The molecule has 4 nitrogen and oxygen atoms in total. The molecule has 0 bridgehead atoms. The molecule has 2 rings (SSSR count). The van der Waals surface area contributed by atoms with Gasteiger partial charge in [0.25, 0.3) is 0 Å². The van der Waals surface area contributed by atoms with Crippen LogP contribution in [0.15, 0.2) is 0 Å². The zero-order valence-corrected chi connectivity index (χ0v) is 8.36. The van der Waals surface area contributed by atoms with E-state index in [1.165, 1.54) is 0 Å². The molecule has 1 heterocycles. The Morgan fingerprint density at radius 1 is 1.43 bits per heavy atom. The minimum Gasteiger partial charge on any atom is -0.481 e. The van der Waals surface area contributed by atoms with Gasteiger partial charge in [0, 0.05) is 12.8 Å². The van der Waals surface area contributed by atoms with Gasteiger partial charge < -0.3 is 14.6 Å². The highest BCUT2D eigenvalue weighted by atomic mass is 16.7. The van der Waals surface area contributed by atoms with E-state index < -0.39 is 11.8 Å². The van der Waals surface area contributed by atoms with Gasteiger partial charge in [-0.25, -0.2) is 0 Å². The van der Waals surface area contributed by atoms with Crippen LogP contribution in [0, 0.1) is 11.8 Å². The molecule has 4 heteroatoms. The first-order chi connectivity index (χ1) is 6.63. The normalized spacial score (nSPS) is 36.1. The Balaban J connectivity index is 2.02. The van der Waals surface area contributed by atoms with E-state index in [1.807, 2.05) is 6.92 Å². The Hall–Kier alpha value is -0.610. The van der Waals surface area contributed by atoms with E-state index in [2.05, 4.69) is 0 Å². The molecular weight excluding hydrogens is 184 g/mol. The first-order valence-corrected chi connectivity index (χ1v) is 5.14. The average Bonchev–Trinajstić information content (AvgIpc) is 2.52. The fourth-order valence-corrected chi connectivity index (χ4v) is 2.52. The van der Waals surface area contributed by atoms with E-state index in [9.17, 15) is 4.79 Å². The number of carbonyl (C=O) groups is 1. The third-order valence-corrected chi connectivity index (χ3v) is 3.29. The second-order valence-electron chi connectivity index (χ2n) is 4.27. The summed E-state index contributed by atoms with van der Waals surface area (Å²) >= 11 is 0. The first kappa shape index (κ1) is 9.93. The van der Waals surface area contributed by atoms with Crippen LogP contribution >= 0.6 is 0 Å². The monoisotopic (exact) mass is 200 g/mol. The Kier molecular flexibility index (Phi) is 2.49. The summed E-state index contributed by atoms with van der Waals surface area (Å²) < 4.78 is 11.1. The number of hydrogen-bond acceptors (Lipinski definition) is 3. The van der Waals surface area contributed by atoms with Crippen LogP contribution < -0.4 is 0 Å². The van der Waals surface area contributed by atoms with Gasteiger partial charge in [0.1, 0.15) is 0 Å². The van der Waals surface area contributed by atoms with Gasteiger partial charge in [-0.2, -0.15) is 0 Å². The van der Waals surface area contributed by atoms with Crippen LogP contribution in [0.2, 0.25) is 0 Å². The minimum absolute atomic E-state index is 0.138. The zero-order chi connectivity index (χ0) is 10.2. The summed E-state index contributed by atoms with van der Waals surface area (Å²) in [6.07, 6.45) is 2.09. The smallest absolute Gasteiger partial charge is 0.306 e. The first-order valence-electron chi connectivity index (χ1n) is 5.14. The maximum Gasteiger partial charge on any atom is 0.306 e. The number of aliphatic carboxylic acids is 1. The molecule has 2 fully saturated rings. The molecule has 14 heavy (non-hydrogen) atoms. The largest absolute Gasteiger partial charge is 0.481 e. The van der Waals surface area contributed by atoms with Crippen LogP contribution in [0.3, 0.4) is 0 Å². The highest BCUT2D eigenvalue weighted by molar-refractivity contribution is 5.70. The van der Waals surface area contributed by atoms with Crippen molar-refractivity contribution in [2.24, 2.45) is 11.8 Å². The Morgan fingerprint density at radius 3 is 2.57 bits per heavy atom. The van der Waals surface area contributed by atoms with Gasteiger partial charge >= 0.3 is 5.97 Å². The van der Waals surface area contributed by atoms with Crippen molar-refractivity contribution in [2.75, 3.05) is 13.2 Å². The van der Waals surface area contributed by atoms with Gasteiger partial charge in [0.2, 0.25) is 0 Å². The van der Waals surface area contributed by atoms with Crippen molar-refractivity contribution in [1.29, 1.82) is 0 Å². The van der Waals surface area contributed by atoms with Crippen LogP contribution in [0.25, 0.3) is 0 Å². The topological polar surface area (TPSA) is 55.8 Å². The maximum absolute atomic E-state index is 10.9. The van der Waals surface area contributed by atoms with Gasteiger partial charge in [0.15, 0.2) is 5.79 Å². The van der Waals surface area contributed by atoms with Crippen LogP contribution in [0.4, 0.5) is 0 Å². The molecule has 1 N–H and O–H groups in total. The average molecular weight is 200 g/mol. The molecule has 1 aliphatic heterocycles. The van der Waals surface area contributed by atoms with Crippen LogP contribution in [0.1, 0.15) is 26.2 Å². The molecule has 1 saturated heterocycles. The van der Waals surface area contributed by atoms with Crippen LogP contribution in [0.5, 0.6) is 0 Å². The Bertz CT molecular complexity index is 232. The highest BCUT2D eigenvalue weighted by Crippen LogP contribution is 2.41. The molecule has 0 aromatic heterocycles. The third-order valence-electron chi connectivity index (χ3n) is 3.29. The summed E-state index contributed by atoms with van der Waals surface area (Å²) in [5, 5.41) is 8.96. The molecule has 0 unspecified atom stereocenters. The quantitative estimate of drug-likeness (QED) is 0.692. The van der Waals surface area contributed by atoms with Gasteiger partial charge in [-0.1, -0.05) is 6.92 Å². The van der Waals surface area contributed by atoms with Crippen molar-refractivity contribution >= 4 is 5.97 Å². The van der Waals surface area contributed by atoms with Gasteiger partial charge in [-0.15, -0.1) is 0 Å². The molecule has 0 aromatic carbocycles. The van der Waals surface area contributed by atoms with Gasteiger partial charge in [-0.05, 0) is 12.3 Å². The number of carboxylic acids is 1. The highest BCUT2D eigenvalue weighted by Gasteiger charge is 2.45. The second-order valence-corrected chi connectivity index (χ2v) is 4.27. The van der Waals surface area contributed by atoms with Crippen molar-refractivity contribution in [1.82, 2.24) is 0 Å². The van der Waals surface area contributed by atoms with Gasteiger partial charge in [-0.3, -0.25) is 4.79 Å². The zero-order valence-electron chi connectivity index (χ0n) is 8.36. The van der Waals surface area contributed by atoms with Crippen LogP contribution in [-0.2, 0) is 14.3 Å². The molecule has 2 atom stereocenters. The Labute approximate surface area is 83.2 Å². The van der Waals surface area contributed by atoms with E-state index in [1.54, 1.807) is 0 Å². The molecule has 1 aliphatic carbocycles. The summed E-state index contributed by atoms with van der Waals surface area (Å²) in [5.74, 6) is -1.23. The molecule has 80 valence electrons. The number of ether oxygens (including phenoxy) is 2. The Morgan fingerprint density at radius 2 is 2.07 bits per heavy atom. The SMILES string of the molecule is C[C@@H]1CC2(CC[C@H]1C(=O)O)OCCO2. The lowest BCUT2D eigenvalue weighted by molar-refractivity contribution is -0.196. The van der Waals surface area contributed by atoms with E-state index >= 15 is 0 Å². The second kappa shape index (κ2) is 3.51. The summed E-state index contributed by atoms with van der Waals surface area (Å²) in [6, 6.07) is 0. The molecule has 1 spiro atoms. The van der Waals surface area contributed by atoms with Crippen molar-refractivity contribution in [2.45, 2.75) is 32.0 Å². The third kappa shape index (κ3) is 1.64. The summed E-state index contributed by atoms with van der Waals surface area (Å²) in [5.41, 5.74) is 0. The van der Waals surface area contributed by atoms with E-state index in [-0.39, 0.29) is 11.8 Å². The lowest BCUT2D eigenvalue weighted by atomic mass is 9.77. The van der Waals surface area contributed by atoms with E-state index in [0.29, 0.717) is 32.5 Å².